The predicted molar refractivity (Wildman–Crippen MR) is 98.8 cm³/mol. The van der Waals surface area contributed by atoms with E-state index in [-0.39, 0.29) is 12.4 Å². The zero-order valence-corrected chi connectivity index (χ0v) is 14.9. The molecule has 2 aromatic carbocycles. The number of hydrogen-bond acceptors (Lipinski definition) is 6. The summed E-state index contributed by atoms with van der Waals surface area (Å²) in [5.74, 6) is 0.234. The molecule has 24 heavy (non-hydrogen) atoms. The number of nitrogens with two attached hydrogens (primary N) is 1. The van der Waals surface area contributed by atoms with E-state index in [1.165, 1.54) is 23.1 Å². The third-order valence-electron chi connectivity index (χ3n) is 3.31. The standard InChI is InChI=1S/C17H15ClN2O2S2/c18-14-7-12(24-11-3-1-2-10(22)6-11)4-5-13(14)16-9-23-17(20-16)15(19)8-21/h1-7,9,15,21-22H,8,19H2/t15-/m0/s1. The van der Waals surface area contributed by atoms with Gasteiger partial charge in [0.15, 0.2) is 0 Å². The maximum atomic E-state index is 9.53. The molecule has 0 bridgehead atoms. The highest BCUT2D eigenvalue weighted by atomic mass is 35.5. The molecule has 3 rings (SSSR count). The van der Waals surface area contributed by atoms with Gasteiger partial charge in [0.05, 0.1) is 23.4 Å². The van der Waals surface area contributed by atoms with Crippen molar-refractivity contribution in [3.05, 3.63) is 57.9 Å². The molecule has 4 N–H and O–H groups in total. The fourth-order valence-corrected chi connectivity index (χ4v) is 4.18. The highest BCUT2D eigenvalue weighted by Crippen LogP contribution is 2.36. The normalized spacial score (nSPS) is 12.3. The van der Waals surface area contributed by atoms with Crippen LogP contribution in [0.15, 0.2) is 57.6 Å². The van der Waals surface area contributed by atoms with Gasteiger partial charge >= 0.3 is 0 Å². The SMILES string of the molecule is N[C@@H](CO)c1nc(-c2ccc(Sc3cccc(O)c3)cc2Cl)cs1. The number of thiazole rings is 1. The van der Waals surface area contributed by atoms with Gasteiger partial charge in [0.25, 0.3) is 0 Å². The van der Waals surface area contributed by atoms with Gasteiger partial charge in [-0.05, 0) is 30.3 Å². The van der Waals surface area contributed by atoms with Gasteiger partial charge in [-0.25, -0.2) is 4.98 Å². The average Bonchev–Trinajstić information content (AvgIpc) is 3.04. The van der Waals surface area contributed by atoms with Crippen LogP contribution in [-0.4, -0.2) is 21.8 Å². The summed E-state index contributed by atoms with van der Waals surface area (Å²) in [5.41, 5.74) is 7.36. The van der Waals surface area contributed by atoms with Crippen LogP contribution in [-0.2, 0) is 0 Å². The first-order valence-electron chi connectivity index (χ1n) is 7.15. The van der Waals surface area contributed by atoms with E-state index >= 15 is 0 Å². The van der Waals surface area contributed by atoms with Crippen LogP contribution in [0.4, 0.5) is 0 Å². The van der Waals surface area contributed by atoms with E-state index in [4.69, 9.17) is 22.4 Å². The number of aliphatic hydroxyl groups is 1. The van der Waals surface area contributed by atoms with Crippen LogP contribution in [0.2, 0.25) is 5.02 Å². The van der Waals surface area contributed by atoms with Gasteiger partial charge in [0.1, 0.15) is 10.8 Å². The molecule has 0 aliphatic heterocycles. The summed E-state index contributed by atoms with van der Waals surface area (Å²) in [5, 5.41) is 21.8. The number of nitrogens with zero attached hydrogens (tertiary/aromatic N) is 1. The minimum Gasteiger partial charge on any atom is -0.508 e. The summed E-state index contributed by atoms with van der Waals surface area (Å²) in [6.07, 6.45) is 0. The molecule has 0 amide bonds. The Balaban J connectivity index is 1.83. The molecule has 0 radical (unpaired) electrons. The molecule has 0 unspecified atom stereocenters. The van der Waals surface area contributed by atoms with E-state index in [0.29, 0.717) is 10.0 Å². The van der Waals surface area contributed by atoms with Gasteiger partial charge in [0, 0.05) is 20.7 Å². The Labute approximate surface area is 152 Å². The molecule has 0 spiro atoms. The largest absolute Gasteiger partial charge is 0.508 e. The van der Waals surface area contributed by atoms with Crippen molar-refractivity contribution in [1.29, 1.82) is 0 Å². The van der Waals surface area contributed by atoms with Crippen molar-refractivity contribution in [3.8, 4) is 17.0 Å². The molecule has 1 aromatic heterocycles. The van der Waals surface area contributed by atoms with Crippen molar-refractivity contribution in [2.24, 2.45) is 5.73 Å². The summed E-state index contributed by atoms with van der Waals surface area (Å²) < 4.78 is 0. The average molecular weight is 379 g/mol. The molecule has 3 aromatic rings. The number of benzene rings is 2. The third kappa shape index (κ3) is 3.91. The fraction of sp³-hybridized carbons (Fsp3) is 0.118. The number of hydrogen-bond donors (Lipinski definition) is 3. The van der Waals surface area contributed by atoms with E-state index in [1.54, 1.807) is 18.2 Å². The molecule has 4 nitrogen and oxygen atoms in total. The minimum atomic E-state index is -0.469. The summed E-state index contributed by atoms with van der Waals surface area (Å²) in [7, 11) is 0. The molecule has 0 saturated carbocycles. The Morgan fingerprint density at radius 2 is 2.00 bits per heavy atom. The number of phenols is 1. The Morgan fingerprint density at radius 3 is 2.71 bits per heavy atom. The number of rotatable bonds is 5. The van der Waals surface area contributed by atoms with Crippen molar-refractivity contribution >= 4 is 34.7 Å². The van der Waals surface area contributed by atoms with Crippen molar-refractivity contribution in [2.45, 2.75) is 15.8 Å². The van der Waals surface area contributed by atoms with E-state index < -0.39 is 6.04 Å². The maximum Gasteiger partial charge on any atom is 0.116 e. The second-order valence-electron chi connectivity index (χ2n) is 5.10. The van der Waals surface area contributed by atoms with Crippen LogP contribution in [0, 0.1) is 0 Å². The molecule has 1 atom stereocenters. The Bertz CT molecular complexity index is 854. The molecule has 0 fully saturated rings. The van der Waals surface area contributed by atoms with Crippen molar-refractivity contribution in [2.75, 3.05) is 6.61 Å². The second-order valence-corrected chi connectivity index (χ2v) is 7.54. The molecule has 0 saturated heterocycles. The van der Waals surface area contributed by atoms with Gasteiger partial charge in [-0.2, -0.15) is 0 Å². The van der Waals surface area contributed by atoms with Crippen LogP contribution >= 0.6 is 34.7 Å². The van der Waals surface area contributed by atoms with Crippen LogP contribution in [0.5, 0.6) is 5.75 Å². The molecular weight excluding hydrogens is 364 g/mol. The fourth-order valence-electron chi connectivity index (χ4n) is 2.11. The first-order valence-corrected chi connectivity index (χ1v) is 9.23. The first kappa shape index (κ1) is 17.3. The summed E-state index contributed by atoms with van der Waals surface area (Å²) in [6.45, 7) is -0.139. The summed E-state index contributed by atoms with van der Waals surface area (Å²) >= 11 is 9.33. The monoisotopic (exact) mass is 378 g/mol. The molecule has 124 valence electrons. The summed E-state index contributed by atoms with van der Waals surface area (Å²) in [4.78, 5) is 6.35. The van der Waals surface area contributed by atoms with Crippen molar-refractivity contribution in [3.63, 3.8) is 0 Å². The lowest BCUT2D eigenvalue weighted by molar-refractivity contribution is 0.268. The zero-order valence-electron chi connectivity index (χ0n) is 12.5. The van der Waals surface area contributed by atoms with Crippen molar-refractivity contribution < 1.29 is 10.2 Å². The van der Waals surface area contributed by atoms with Crippen LogP contribution in [0.3, 0.4) is 0 Å². The Morgan fingerprint density at radius 1 is 1.21 bits per heavy atom. The molecule has 1 heterocycles. The minimum absolute atomic E-state index is 0.139. The van der Waals surface area contributed by atoms with Gasteiger partial charge in [-0.15, -0.1) is 11.3 Å². The highest BCUT2D eigenvalue weighted by Gasteiger charge is 2.13. The Kier molecular flexibility index (Phi) is 5.43. The highest BCUT2D eigenvalue weighted by molar-refractivity contribution is 7.99. The van der Waals surface area contributed by atoms with Gasteiger partial charge in [-0.1, -0.05) is 35.5 Å². The molecule has 7 heteroatoms. The topological polar surface area (TPSA) is 79.4 Å². The van der Waals surface area contributed by atoms with Crippen LogP contribution in [0.1, 0.15) is 11.0 Å². The smallest absolute Gasteiger partial charge is 0.116 e. The van der Waals surface area contributed by atoms with Gasteiger partial charge in [0.2, 0.25) is 0 Å². The maximum absolute atomic E-state index is 9.53. The van der Waals surface area contributed by atoms with E-state index in [0.717, 1.165) is 21.0 Å². The van der Waals surface area contributed by atoms with E-state index in [1.807, 2.05) is 29.6 Å². The van der Waals surface area contributed by atoms with Gasteiger partial charge < -0.3 is 15.9 Å². The lowest BCUT2D eigenvalue weighted by atomic mass is 10.2. The summed E-state index contributed by atoms with van der Waals surface area (Å²) in [6, 6.07) is 12.3. The van der Waals surface area contributed by atoms with E-state index in [9.17, 15) is 5.11 Å². The van der Waals surface area contributed by atoms with Crippen molar-refractivity contribution in [1.82, 2.24) is 4.98 Å². The number of aromatic hydroxyl groups is 1. The third-order valence-corrected chi connectivity index (χ3v) is 5.57. The Hall–Kier alpha value is -1.57. The number of halogens is 1. The van der Waals surface area contributed by atoms with E-state index in [2.05, 4.69) is 4.98 Å². The molecule has 0 aliphatic rings. The van der Waals surface area contributed by atoms with Crippen LogP contribution in [0.25, 0.3) is 11.3 Å². The lowest BCUT2D eigenvalue weighted by Crippen LogP contribution is -2.13. The predicted octanol–water partition coefficient (Wildman–Crippen LogP) is 4.31. The quantitative estimate of drug-likeness (QED) is 0.616. The van der Waals surface area contributed by atoms with Gasteiger partial charge in [-0.3, -0.25) is 0 Å². The lowest BCUT2D eigenvalue weighted by Gasteiger charge is -2.06. The number of aliphatic hydroxyl groups excluding tert-OH is 1. The molecular formula is C17H15ClN2O2S2. The number of phenolic OH excluding ortho intramolecular Hbond substituents is 1. The first-order chi connectivity index (χ1) is 11.6. The number of aromatic nitrogens is 1. The second kappa shape index (κ2) is 7.55. The zero-order chi connectivity index (χ0) is 17.1. The molecule has 0 aliphatic carbocycles. The van der Waals surface area contributed by atoms with Crippen LogP contribution < -0.4 is 5.73 Å².